The Morgan fingerprint density at radius 2 is 0.939 bits per heavy atom. The summed E-state index contributed by atoms with van der Waals surface area (Å²) >= 11 is 0. The summed E-state index contributed by atoms with van der Waals surface area (Å²) < 4.78 is 54.9. The second-order valence-electron chi connectivity index (χ2n) is 7.47. The predicted molar refractivity (Wildman–Crippen MR) is 128 cm³/mol. The van der Waals surface area contributed by atoms with Crippen molar-refractivity contribution < 1.29 is 17.6 Å². The lowest BCUT2D eigenvalue weighted by atomic mass is 9.97. The van der Waals surface area contributed by atoms with Gasteiger partial charge in [-0.2, -0.15) is 0 Å². The minimum Gasteiger partial charge on any atom is -0.206 e. The van der Waals surface area contributed by atoms with Gasteiger partial charge in [0.1, 0.15) is 5.82 Å². The Kier molecular flexibility index (Phi) is 8.05. The van der Waals surface area contributed by atoms with Crippen LogP contribution >= 0.6 is 0 Å². The summed E-state index contributed by atoms with van der Waals surface area (Å²) in [6.45, 7) is 6.15. The van der Waals surface area contributed by atoms with E-state index in [2.05, 4.69) is 31.2 Å². The Labute approximate surface area is 192 Å². The van der Waals surface area contributed by atoms with Crippen molar-refractivity contribution >= 4 is 0 Å². The van der Waals surface area contributed by atoms with Crippen LogP contribution in [0.15, 0.2) is 78.9 Å². The highest BCUT2D eigenvalue weighted by atomic mass is 19.2. The molecule has 0 nitrogen and oxygen atoms in total. The van der Waals surface area contributed by atoms with Crippen LogP contribution in [0.25, 0.3) is 33.4 Å². The predicted octanol–water partition coefficient (Wildman–Crippen LogP) is 9.22. The molecule has 0 amide bonds. The van der Waals surface area contributed by atoms with Crippen LogP contribution < -0.4 is 0 Å². The van der Waals surface area contributed by atoms with Gasteiger partial charge in [-0.15, -0.1) is 0 Å². The molecule has 4 rings (SSSR count). The van der Waals surface area contributed by atoms with Gasteiger partial charge in [-0.25, -0.2) is 17.6 Å². The molecule has 33 heavy (non-hydrogen) atoms. The highest BCUT2D eigenvalue weighted by molar-refractivity contribution is 5.73. The number of hydrogen-bond donors (Lipinski definition) is 0. The van der Waals surface area contributed by atoms with Crippen molar-refractivity contribution in [3.63, 3.8) is 0 Å². The van der Waals surface area contributed by atoms with E-state index in [0.29, 0.717) is 5.56 Å². The molecule has 0 heterocycles. The molecule has 0 bridgehead atoms. The maximum atomic E-state index is 14.7. The molecule has 0 aliphatic heterocycles. The molecule has 0 atom stereocenters. The highest BCUT2D eigenvalue weighted by Gasteiger charge is 2.14. The van der Waals surface area contributed by atoms with Crippen molar-refractivity contribution in [3.05, 3.63) is 108 Å². The van der Waals surface area contributed by atoms with E-state index in [0.717, 1.165) is 41.7 Å². The van der Waals surface area contributed by atoms with Gasteiger partial charge in [-0.3, -0.25) is 0 Å². The topological polar surface area (TPSA) is 0 Å². The summed E-state index contributed by atoms with van der Waals surface area (Å²) in [5, 5.41) is 0. The summed E-state index contributed by atoms with van der Waals surface area (Å²) in [6.07, 6.45) is 2.16. The summed E-state index contributed by atoms with van der Waals surface area (Å²) in [4.78, 5) is 0. The Balaban J connectivity index is 0.00000149. The molecule has 0 spiro atoms. The zero-order valence-corrected chi connectivity index (χ0v) is 18.9. The van der Waals surface area contributed by atoms with E-state index in [4.69, 9.17) is 0 Å². The van der Waals surface area contributed by atoms with Crippen LogP contribution in [0, 0.1) is 23.3 Å². The zero-order valence-electron chi connectivity index (χ0n) is 18.9. The fourth-order valence-electron chi connectivity index (χ4n) is 3.65. The van der Waals surface area contributed by atoms with Gasteiger partial charge in [-0.1, -0.05) is 87.9 Å². The third-order valence-electron chi connectivity index (χ3n) is 5.31. The van der Waals surface area contributed by atoms with Crippen molar-refractivity contribution in [1.82, 2.24) is 0 Å². The van der Waals surface area contributed by atoms with E-state index < -0.39 is 23.3 Å². The molecular weight excluding hydrogens is 424 g/mol. The van der Waals surface area contributed by atoms with Crippen LogP contribution in [0.5, 0.6) is 0 Å². The first kappa shape index (κ1) is 24.2. The summed E-state index contributed by atoms with van der Waals surface area (Å²) in [5.41, 5.74) is 4.86. The molecular formula is C29H26F4. The lowest BCUT2D eigenvalue weighted by Gasteiger charge is -2.09. The number of halogens is 4. The SMILES string of the molecule is CC.CCCc1ccc(-c2ccc(-c3ccc(-c4cc(F)c(F)c(F)c4)c(F)c3)cc2)cc1. The average Bonchev–Trinajstić information content (AvgIpc) is 2.84. The smallest absolute Gasteiger partial charge is 0.194 e. The second-order valence-corrected chi connectivity index (χ2v) is 7.47. The molecule has 0 fully saturated rings. The maximum Gasteiger partial charge on any atom is 0.194 e. The lowest BCUT2D eigenvalue weighted by Crippen LogP contribution is -1.94. The quantitative estimate of drug-likeness (QED) is 0.210. The Bertz CT molecular complexity index is 1190. The van der Waals surface area contributed by atoms with Gasteiger partial charge >= 0.3 is 0 Å². The number of rotatable bonds is 5. The van der Waals surface area contributed by atoms with Gasteiger partial charge in [0.25, 0.3) is 0 Å². The van der Waals surface area contributed by atoms with Crippen LogP contribution in [-0.2, 0) is 6.42 Å². The Morgan fingerprint density at radius 1 is 0.515 bits per heavy atom. The molecule has 0 saturated carbocycles. The molecule has 0 aromatic heterocycles. The molecule has 4 aromatic carbocycles. The third-order valence-corrected chi connectivity index (χ3v) is 5.31. The van der Waals surface area contributed by atoms with E-state index in [9.17, 15) is 17.6 Å². The van der Waals surface area contributed by atoms with E-state index in [1.165, 1.54) is 17.7 Å². The van der Waals surface area contributed by atoms with E-state index >= 15 is 0 Å². The largest absolute Gasteiger partial charge is 0.206 e. The minimum absolute atomic E-state index is 0.00494. The van der Waals surface area contributed by atoms with Gasteiger partial charge in [-0.05, 0) is 58.0 Å². The normalized spacial score (nSPS) is 10.5. The molecule has 170 valence electrons. The van der Waals surface area contributed by atoms with E-state index in [-0.39, 0.29) is 11.1 Å². The fourth-order valence-corrected chi connectivity index (χ4v) is 3.65. The van der Waals surface area contributed by atoms with Crippen molar-refractivity contribution in [1.29, 1.82) is 0 Å². The fraction of sp³-hybridized carbons (Fsp3) is 0.172. The molecule has 0 aliphatic carbocycles. The Hall–Kier alpha value is -3.40. The van der Waals surface area contributed by atoms with Crippen LogP contribution in [0.2, 0.25) is 0 Å². The average molecular weight is 451 g/mol. The van der Waals surface area contributed by atoms with Crippen LogP contribution in [0.1, 0.15) is 32.8 Å². The van der Waals surface area contributed by atoms with Crippen molar-refractivity contribution in [2.45, 2.75) is 33.6 Å². The summed E-state index contributed by atoms with van der Waals surface area (Å²) in [6, 6.07) is 22.2. The molecule has 0 aliphatic rings. The van der Waals surface area contributed by atoms with Gasteiger partial charge in [0.15, 0.2) is 17.5 Å². The Morgan fingerprint density at radius 3 is 1.42 bits per heavy atom. The second kappa shape index (κ2) is 11.0. The first-order valence-corrected chi connectivity index (χ1v) is 11.1. The third kappa shape index (κ3) is 5.51. The first-order chi connectivity index (χ1) is 16.0. The van der Waals surface area contributed by atoms with Crippen LogP contribution in [-0.4, -0.2) is 0 Å². The van der Waals surface area contributed by atoms with Gasteiger partial charge in [0.05, 0.1) is 0 Å². The van der Waals surface area contributed by atoms with Crippen LogP contribution in [0.4, 0.5) is 17.6 Å². The van der Waals surface area contributed by atoms with Gasteiger partial charge in [0.2, 0.25) is 0 Å². The molecule has 0 radical (unpaired) electrons. The standard InChI is InChI=1S/C27H20F4.C2H6/c1-2-3-17-4-6-18(7-5-17)19-8-10-20(11-9-19)21-12-13-23(24(28)14-21)22-15-25(29)27(31)26(30)16-22;1-2/h4-16H,2-3H2,1H3;1-2H3. The van der Waals surface area contributed by atoms with E-state index in [1.54, 1.807) is 6.07 Å². The highest BCUT2D eigenvalue weighted by Crippen LogP contribution is 2.31. The monoisotopic (exact) mass is 450 g/mol. The maximum absolute atomic E-state index is 14.7. The molecule has 0 saturated heterocycles. The molecule has 0 N–H and O–H groups in total. The first-order valence-electron chi connectivity index (χ1n) is 11.1. The van der Waals surface area contributed by atoms with Gasteiger partial charge < -0.3 is 0 Å². The van der Waals surface area contributed by atoms with E-state index in [1.807, 2.05) is 38.1 Å². The van der Waals surface area contributed by atoms with Crippen LogP contribution in [0.3, 0.4) is 0 Å². The molecule has 4 aromatic rings. The number of benzene rings is 4. The minimum atomic E-state index is -1.57. The van der Waals surface area contributed by atoms with Crippen molar-refractivity contribution in [2.24, 2.45) is 0 Å². The number of aryl methyl sites for hydroxylation is 1. The molecule has 0 unspecified atom stereocenters. The van der Waals surface area contributed by atoms with Gasteiger partial charge in [0, 0.05) is 5.56 Å². The molecule has 4 heteroatoms. The zero-order chi connectivity index (χ0) is 24.0. The summed E-state index contributed by atoms with van der Waals surface area (Å²) in [7, 11) is 0. The number of hydrogen-bond acceptors (Lipinski definition) is 0. The van der Waals surface area contributed by atoms with Crippen molar-refractivity contribution in [2.75, 3.05) is 0 Å². The summed E-state index contributed by atoms with van der Waals surface area (Å²) in [5.74, 6) is -4.91. The van der Waals surface area contributed by atoms with Crippen molar-refractivity contribution in [3.8, 4) is 33.4 Å². The lowest BCUT2D eigenvalue weighted by molar-refractivity contribution is 0.447.